The van der Waals surface area contributed by atoms with Crippen LogP contribution in [0.5, 0.6) is 0 Å². The zero-order valence-corrected chi connectivity index (χ0v) is 9.72. The lowest BCUT2D eigenvalue weighted by atomic mass is 10.3. The maximum absolute atomic E-state index is 11.2. The summed E-state index contributed by atoms with van der Waals surface area (Å²) in [7, 11) is 1.86. The summed E-state index contributed by atoms with van der Waals surface area (Å²) in [5.74, 6) is 0.158. The molecule has 0 aromatic carbocycles. The lowest BCUT2D eigenvalue weighted by Crippen LogP contribution is -2.30. The molecule has 88 valence electrons. The third-order valence-electron chi connectivity index (χ3n) is 2.77. The second-order valence-electron chi connectivity index (χ2n) is 4.11. The average molecular weight is 213 g/mol. The molecule has 4 nitrogen and oxygen atoms in total. The molecule has 1 rings (SSSR count). The van der Waals surface area contributed by atoms with Gasteiger partial charge in [0, 0.05) is 19.5 Å². The van der Waals surface area contributed by atoms with Crippen LogP contribution in [0, 0.1) is 0 Å². The number of rotatable bonds is 7. The number of carbonyl (C=O) groups excluding carboxylic acids is 1. The Balaban J connectivity index is 1.89. The van der Waals surface area contributed by atoms with Crippen LogP contribution in [-0.4, -0.2) is 50.6 Å². The van der Waals surface area contributed by atoms with Crippen LogP contribution in [0.3, 0.4) is 0 Å². The van der Waals surface area contributed by atoms with Crippen LogP contribution < -0.4 is 10.6 Å². The highest BCUT2D eigenvalue weighted by Gasteiger charge is 2.10. The summed E-state index contributed by atoms with van der Waals surface area (Å²) >= 11 is 0. The van der Waals surface area contributed by atoms with Crippen LogP contribution in [0.2, 0.25) is 0 Å². The molecule has 0 unspecified atom stereocenters. The molecule has 1 saturated heterocycles. The molecule has 1 fully saturated rings. The Morgan fingerprint density at radius 3 is 2.67 bits per heavy atom. The number of amides is 1. The van der Waals surface area contributed by atoms with E-state index in [9.17, 15) is 4.79 Å². The molecule has 0 radical (unpaired) electrons. The summed E-state index contributed by atoms with van der Waals surface area (Å²) in [4.78, 5) is 13.7. The van der Waals surface area contributed by atoms with Crippen molar-refractivity contribution in [2.45, 2.75) is 25.7 Å². The minimum absolute atomic E-state index is 0.158. The lowest BCUT2D eigenvalue weighted by Gasteiger charge is -2.14. The molecule has 15 heavy (non-hydrogen) atoms. The number of likely N-dealkylation sites (tertiary alicyclic amines) is 1. The van der Waals surface area contributed by atoms with Gasteiger partial charge in [-0.25, -0.2) is 0 Å². The van der Waals surface area contributed by atoms with Gasteiger partial charge in [-0.3, -0.25) is 4.79 Å². The van der Waals surface area contributed by atoms with E-state index in [0.29, 0.717) is 6.42 Å². The zero-order valence-electron chi connectivity index (χ0n) is 9.72. The highest BCUT2D eigenvalue weighted by Crippen LogP contribution is 2.06. The van der Waals surface area contributed by atoms with Gasteiger partial charge in [0.05, 0.1) is 0 Å². The van der Waals surface area contributed by atoms with Gasteiger partial charge >= 0.3 is 0 Å². The minimum atomic E-state index is 0.158. The molecule has 1 aliphatic rings. The maximum Gasteiger partial charge on any atom is 0.221 e. The van der Waals surface area contributed by atoms with Crippen LogP contribution in [0.1, 0.15) is 25.7 Å². The van der Waals surface area contributed by atoms with Gasteiger partial charge in [0.2, 0.25) is 5.91 Å². The van der Waals surface area contributed by atoms with Gasteiger partial charge in [-0.05, 0) is 45.9 Å². The molecule has 1 amide bonds. The van der Waals surface area contributed by atoms with Crippen LogP contribution in [0.25, 0.3) is 0 Å². The molecular formula is C11H23N3O. The Hall–Kier alpha value is -0.610. The summed E-state index contributed by atoms with van der Waals surface area (Å²) in [5.41, 5.74) is 0. The summed E-state index contributed by atoms with van der Waals surface area (Å²) in [5, 5.41) is 5.90. The van der Waals surface area contributed by atoms with E-state index in [2.05, 4.69) is 15.5 Å². The number of carbonyl (C=O) groups is 1. The topological polar surface area (TPSA) is 44.4 Å². The fourth-order valence-electron chi connectivity index (χ4n) is 1.86. The molecule has 2 N–H and O–H groups in total. The van der Waals surface area contributed by atoms with Gasteiger partial charge < -0.3 is 15.5 Å². The molecule has 1 heterocycles. The van der Waals surface area contributed by atoms with E-state index in [1.54, 1.807) is 0 Å². The monoisotopic (exact) mass is 213 g/mol. The molecule has 0 spiro atoms. The molecule has 4 heteroatoms. The van der Waals surface area contributed by atoms with Crippen molar-refractivity contribution in [1.29, 1.82) is 0 Å². The minimum Gasteiger partial charge on any atom is -0.356 e. The van der Waals surface area contributed by atoms with Crippen LogP contribution in [0.15, 0.2) is 0 Å². The fraction of sp³-hybridized carbons (Fsp3) is 0.909. The third-order valence-corrected chi connectivity index (χ3v) is 2.77. The fourth-order valence-corrected chi connectivity index (χ4v) is 1.86. The van der Waals surface area contributed by atoms with Gasteiger partial charge in [0.15, 0.2) is 0 Å². The average Bonchev–Trinajstić information content (AvgIpc) is 2.74. The van der Waals surface area contributed by atoms with Gasteiger partial charge in [-0.1, -0.05) is 0 Å². The normalized spacial score (nSPS) is 16.9. The Labute approximate surface area is 92.4 Å². The first-order valence-corrected chi connectivity index (χ1v) is 5.96. The predicted octanol–water partition coefficient (Wildman–Crippen LogP) is 0.198. The number of hydrogen-bond donors (Lipinski definition) is 2. The van der Waals surface area contributed by atoms with Gasteiger partial charge in [0.1, 0.15) is 0 Å². The van der Waals surface area contributed by atoms with Crippen molar-refractivity contribution in [2.75, 3.05) is 39.8 Å². The van der Waals surface area contributed by atoms with Crippen molar-refractivity contribution in [2.24, 2.45) is 0 Å². The molecule has 0 aliphatic carbocycles. The number of nitrogens with one attached hydrogen (secondary N) is 2. The third kappa shape index (κ3) is 5.74. The second-order valence-corrected chi connectivity index (χ2v) is 4.11. The molecule has 0 atom stereocenters. The molecule has 0 aromatic rings. The number of hydrogen-bond acceptors (Lipinski definition) is 3. The highest BCUT2D eigenvalue weighted by atomic mass is 16.1. The van der Waals surface area contributed by atoms with Crippen molar-refractivity contribution in [3.8, 4) is 0 Å². The van der Waals surface area contributed by atoms with E-state index in [1.807, 2.05) is 7.05 Å². The van der Waals surface area contributed by atoms with Crippen molar-refractivity contribution in [3.63, 3.8) is 0 Å². The van der Waals surface area contributed by atoms with Crippen molar-refractivity contribution >= 4 is 5.91 Å². The molecular weight excluding hydrogens is 190 g/mol. The predicted molar refractivity (Wildman–Crippen MR) is 61.8 cm³/mol. The Morgan fingerprint density at radius 2 is 2.00 bits per heavy atom. The quantitative estimate of drug-likeness (QED) is 0.594. The van der Waals surface area contributed by atoms with Crippen LogP contribution in [0.4, 0.5) is 0 Å². The first-order valence-electron chi connectivity index (χ1n) is 5.96. The van der Waals surface area contributed by atoms with Gasteiger partial charge in [-0.2, -0.15) is 0 Å². The lowest BCUT2D eigenvalue weighted by molar-refractivity contribution is -0.120. The van der Waals surface area contributed by atoms with E-state index in [4.69, 9.17) is 0 Å². The Morgan fingerprint density at radius 1 is 1.27 bits per heavy atom. The molecule has 0 saturated carbocycles. The largest absolute Gasteiger partial charge is 0.356 e. The van der Waals surface area contributed by atoms with E-state index >= 15 is 0 Å². The summed E-state index contributed by atoms with van der Waals surface area (Å²) in [6.45, 7) is 5.20. The zero-order chi connectivity index (χ0) is 10.9. The van der Waals surface area contributed by atoms with Crippen LogP contribution in [-0.2, 0) is 4.79 Å². The SMILES string of the molecule is CNCCC(=O)NCCCN1CCCC1. The van der Waals surface area contributed by atoms with E-state index in [-0.39, 0.29) is 5.91 Å². The van der Waals surface area contributed by atoms with Crippen molar-refractivity contribution < 1.29 is 4.79 Å². The Bertz CT molecular complexity index is 179. The van der Waals surface area contributed by atoms with E-state index in [0.717, 1.165) is 26.1 Å². The summed E-state index contributed by atoms with van der Waals surface area (Å²) in [6, 6.07) is 0. The first kappa shape index (κ1) is 12.5. The standard InChI is InChI=1S/C11H23N3O/c1-12-7-5-11(15)13-6-4-10-14-8-2-3-9-14/h12H,2-10H2,1H3,(H,13,15). The first-order chi connectivity index (χ1) is 7.33. The van der Waals surface area contributed by atoms with Crippen molar-refractivity contribution in [3.05, 3.63) is 0 Å². The van der Waals surface area contributed by atoms with E-state index in [1.165, 1.54) is 25.9 Å². The number of nitrogens with zero attached hydrogens (tertiary/aromatic N) is 1. The molecule has 0 aromatic heterocycles. The highest BCUT2D eigenvalue weighted by molar-refractivity contribution is 5.75. The summed E-state index contributed by atoms with van der Waals surface area (Å²) in [6.07, 6.45) is 4.34. The van der Waals surface area contributed by atoms with Crippen molar-refractivity contribution in [1.82, 2.24) is 15.5 Å². The van der Waals surface area contributed by atoms with Gasteiger partial charge in [-0.15, -0.1) is 0 Å². The summed E-state index contributed by atoms with van der Waals surface area (Å²) < 4.78 is 0. The van der Waals surface area contributed by atoms with Gasteiger partial charge in [0.25, 0.3) is 0 Å². The molecule has 1 aliphatic heterocycles. The smallest absolute Gasteiger partial charge is 0.221 e. The van der Waals surface area contributed by atoms with E-state index < -0.39 is 0 Å². The second kappa shape index (κ2) is 7.65. The maximum atomic E-state index is 11.2. The molecule has 0 bridgehead atoms. The Kier molecular flexibility index (Phi) is 6.36. The van der Waals surface area contributed by atoms with Crippen LogP contribution >= 0.6 is 0 Å².